The Kier molecular flexibility index (Phi) is 4.28. The smallest absolute Gasteiger partial charge is 0.344 e. The minimum atomic E-state index is -0.624. The molecular weight excluding hydrogens is 312 g/mol. The Morgan fingerprint density at radius 1 is 1.38 bits per heavy atom. The lowest BCUT2D eigenvalue weighted by Crippen LogP contribution is -2.30. The first kappa shape index (κ1) is 15.7. The zero-order chi connectivity index (χ0) is 17.1. The van der Waals surface area contributed by atoms with Gasteiger partial charge in [0.05, 0.1) is 18.5 Å². The van der Waals surface area contributed by atoms with Crippen molar-refractivity contribution in [2.75, 3.05) is 13.7 Å². The van der Waals surface area contributed by atoms with Crippen LogP contribution in [-0.4, -0.2) is 45.0 Å². The van der Waals surface area contributed by atoms with Crippen LogP contribution in [-0.2, 0) is 16.1 Å². The fourth-order valence-corrected chi connectivity index (χ4v) is 2.27. The predicted octanol–water partition coefficient (Wildman–Crippen LogP) is 1.45. The van der Waals surface area contributed by atoms with Gasteiger partial charge in [0, 0.05) is 19.4 Å². The number of furan rings is 1. The van der Waals surface area contributed by atoms with Crippen LogP contribution >= 0.6 is 0 Å². The Labute approximate surface area is 137 Å². The van der Waals surface area contributed by atoms with Crippen molar-refractivity contribution in [3.8, 4) is 0 Å². The summed E-state index contributed by atoms with van der Waals surface area (Å²) >= 11 is 0. The van der Waals surface area contributed by atoms with E-state index in [4.69, 9.17) is 9.15 Å². The first-order valence-corrected chi connectivity index (χ1v) is 7.29. The van der Waals surface area contributed by atoms with Gasteiger partial charge in [-0.05, 0) is 25.1 Å². The Bertz CT molecular complexity index is 869. The molecule has 3 aromatic rings. The lowest BCUT2D eigenvalue weighted by Gasteiger charge is -2.15. The van der Waals surface area contributed by atoms with Gasteiger partial charge in [0.1, 0.15) is 11.3 Å². The summed E-state index contributed by atoms with van der Waals surface area (Å²) in [4.78, 5) is 29.9. The molecule has 0 bridgehead atoms. The number of likely N-dealkylation sites (N-methyl/N-ethyl adjacent to an activating group) is 1. The van der Waals surface area contributed by atoms with E-state index in [-0.39, 0.29) is 18.1 Å². The summed E-state index contributed by atoms with van der Waals surface area (Å²) in [5.74, 6) is -0.303. The van der Waals surface area contributed by atoms with Gasteiger partial charge in [0.25, 0.3) is 5.91 Å². The maximum absolute atomic E-state index is 12.3. The Morgan fingerprint density at radius 2 is 2.21 bits per heavy atom. The van der Waals surface area contributed by atoms with Crippen LogP contribution in [0.4, 0.5) is 0 Å². The zero-order valence-corrected chi connectivity index (χ0v) is 13.3. The Hall–Kier alpha value is -3.16. The quantitative estimate of drug-likeness (QED) is 0.658. The highest BCUT2D eigenvalue weighted by molar-refractivity contribution is 5.98. The molecule has 0 fully saturated rings. The van der Waals surface area contributed by atoms with E-state index in [0.29, 0.717) is 23.6 Å². The second kappa shape index (κ2) is 6.53. The van der Waals surface area contributed by atoms with Gasteiger partial charge in [0.15, 0.2) is 12.3 Å². The van der Waals surface area contributed by atoms with Crippen molar-refractivity contribution < 1.29 is 18.7 Å². The van der Waals surface area contributed by atoms with Crippen molar-refractivity contribution in [3.05, 3.63) is 53.9 Å². The van der Waals surface area contributed by atoms with Crippen molar-refractivity contribution in [1.29, 1.82) is 0 Å². The van der Waals surface area contributed by atoms with E-state index in [0.717, 1.165) is 0 Å². The molecule has 3 aromatic heterocycles. The summed E-state index contributed by atoms with van der Waals surface area (Å²) < 4.78 is 11.8. The van der Waals surface area contributed by atoms with Gasteiger partial charge in [-0.1, -0.05) is 0 Å². The molecule has 0 unspecified atom stereocenters. The molecule has 1 amide bonds. The van der Waals surface area contributed by atoms with Crippen molar-refractivity contribution >= 4 is 17.5 Å². The molecule has 124 valence electrons. The molecular formula is C16H16N4O4. The summed E-state index contributed by atoms with van der Waals surface area (Å²) in [5.41, 5.74) is 1.16. The summed E-state index contributed by atoms with van der Waals surface area (Å²) in [6.07, 6.45) is 4.79. The minimum Gasteiger partial charge on any atom is -0.467 e. The molecule has 0 aliphatic carbocycles. The topological polar surface area (TPSA) is 89.9 Å². The molecule has 0 saturated carbocycles. The minimum absolute atomic E-state index is 0.261. The fraction of sp³-hybridized carbons (Fsp3) is 0.250. The number of aromatic nitrogens is 3. The van der Waals surface area contributed by atoms with Gasteiger partial charge in [-0.2, -0.15) is 5.10 Å². The lowest BCUT2D eigenvalue weighted by atomic mass is 10.2. The molecule has 24 heavy (non-hydrogen) atoms. The Morgan fingerprint density at radius 3 is 2.96 bits per heavy atom. The standard InChI is InChI=1S/C16H16N4O4/c1-11-14(15-17-6-4-7-20(15)18-11)16(22)24-10-13(21)19(2)9-12-5-3-8-23-12/h3-8H,9-10H2,1-2H3. The van der Waals surface area contributed by atoms with E-state index < -0.39 is 5.97 Å². The van der Waals surface area contributed by atoms with Crippen molar-refractivity contribution in [2.24, 2.45) is 0 Å². The van der Waals surface area contributed by atoms with Gasteiger partial charge >= 0.3 is 5.97 Å². The normalized spacial score (nSPS) is 10.8. The second-order valence-corrected chi connectivity index (χ2v) is 5.25. The molecule has 0 aliphatic rings. The number of rotatable bonds is 5. The number of carbonyl (C=O) groups excluding carboxylic acids is 2. The number of ether oxygens (including phenoxy) is 1. The first-order valence-electron chi connectivity index (χ1n) is 7.29. The average Bonchev–Trinajstić information content (AvgIpc) is 3.18. The van der Waals surface area contributed by atoms with E-state index in [1.807, 2.05) is 0 Å². The van der Waals surface area contributed by atoms with Gasteiger partial charge in [-0.3, -0.25) is 4.79 Å². The van der Waals surface area contributed by atoms with E-state index in [9.17, 15) is 9.59 Å². The Balaban J connectivity index is 1.64. The molecule has 0 aliphatic heterocycles. The molecule has 3 rings (SSSR count). The maximum Gasteiger partial charge on any atom is 0.344 e. The molecule has 0 radical (unpaired) electrons. The predicted molar refractivity (Wildman–Crippen MR) is 83.2 cm³/mol. The van der Waals surface area contributed by atoms with Crippen LogP contribution in [0.25, 0.3) is 5.65 Å². The monoisotopic (exact) mass is 328 g/mol. The lowest BCUT2D eigenvalue weighted by molar-refractivity contribution is -0.133. The molecule has 8 nitrogen and oxygen atoms in total. The number of amides is 1. The number of fused-ring (bicyclic) bond motifs is 1. The fourth-order valence-electron chi connectivity index (χ4n) is 2.27. The van der Waals surface area contributed by atoms with Gasteiger partial charge in [-0.25, -0.2) is 14.3 Å². The third-order valence-corrected chi connectivity index (χ3v) is 3.50. The average molecular weight is 328 g/mol. The third kappa shape index (κ3) is 3.12. The van der Waals surface area contributed by atoms with E-state index in [1.54, 1.807) is 44.6 Å². The summed E-state index contributed by atoms with van der Waals surface area (Å²) in [6, 6.07) is 5.22. The van der Waals surface area contributed by atoms with Crippen molar-refractivity contribution in [1.82, 2.24) is 19.5 Å². The molecule has 0 N–H and O–H groups in total. The number of carbonyl (C=O) groups is 2. The highest BCUT2D eigenvalue weighted by atomic mass is 16.5. The van der Waals surface area contributed by atoms with Crippen LogP contribution < -0.4 is 0 Å². The maximum atomic E-state index is 12.3. The van der Waals surface area contributed by atoms with E-state index in [2.05, 4.69) is 10.1 Å². The van der Waals surface area contributed by atoms with E-state index in [1.165, 1.54) is 15.7 Å². The summed E-state index contributed by atoms with van der Waals surface area (Å²) in [6.45, 7) is 1.64. The second-order valence-electron chi connectivity index (χ2n) is 5.25. The van der Waals surface area contributed by atoms with Crippen LogP contribution in [0.1, 0.15) is 21.8 Å². The molecule has 0 atom stereocenters. The van der Waals surface area contributed by atoms with Crippen LogP contribution in [0.5, 0.6) is 0 Å². The first-order chi connectivity index (χ1) is 11.6. The number of nitrogens with zero attached hydrogens (tertiary/aromatic N) is 4. The van der Waals surface area contributed by atoms with Gasteiger partial charge in [-0.15, -0.1) is 0 Å². The van der Waals surface area contributed by atoms with Gasteiger partial charge in [0.2, 0.25) is 0 Å². The zero-order valence-electron chi connectivity index (χ0n) is 13.3. The molecule has 0 aromatic carbocycles. The van der Waals surface area contributed by atoms with Gasteiger partial charge < -0.3 is 14.1 Å². The highest BCUT2D eigenvalue weighted by Gasteiger charge is 2.21. The molecule has 8 heteroatoms. The van der Waals surface area contributed by atoms with E-state index >= 15 is 0 Å². The number of aryl methyl sites for hydroxylation is 1. The molecule has 3 heterocycles. The van der Waals surface area contributed by atoms with Crippen molar-refractivity contribution in [2.45, 2.75) is 13.5 Å². The SMILES string of the molecule is Cc1nn2cccnc2c1C(=O)OCC(=O)N(C)Cc1ccco1. The third-order valence-electron chi connectivity index (χ3n) is 3.50. The molecule has 0 spiro atoms. The largest absolute Gasteiger partial charge is 0.467 e. The number of hydrogen-bond acceptors (Lipinski definition) is 6. The molecule has 0 saturated heterocycles. The van der Waals surface area contributed by atoms with Crippen molar-refractivity contribution in [3.63, 3.8) is 0 Å². The summed E-state index contributed by atoms with van der Waals surface area (Å²) in [7, 11) is 1.61. The van der Waals surface area contributed by atoms with Crippen LogP contribution in [0.2, 0.25) is 0 Å². The summed E-state index contributed by atoms with van der Waals surface area (Å²) in [5, 5.41) is 4.19. The van der Waals surface area contributed by atoms with Crippen LogP contribution in [0.3, 0.4) is 0 Å². The highest BCUT2D eigenvalue weighted by Crippen LogP contribution is 2.14. The van der Waals surface area contributed by atoms with Crippen LogP contribution in [0.15, 0.2) is 41.3 Å². The number of hydrogen-bond donors (Lipinski definition) is 0. The van der Waals surface area contributed by atoms with Crippen LogP contribution in [0, 0.1) is 6.92 Å². The number of esters is 1.